The number of nitrogens with one attached hydrogen (secondary N) is 1. The molecule has 0 radical (unpaired) electrons. The van der Waals surface area contributed by atoms with Crippen molar-refractivity contribution in [2.75, 3.05) is 26.3 Å². The fourth-order valence-corrected chi connectivity index (χ4v) is 8.65. The third-order valence-corrected chi connectivity index (χ3v) is 10.3. The van der Waals surface area contributed by atoms with Gasteiger partial charge in [-0.15, -0.1) is 0 Å². The summed E-state index contributed by atoms with van der Waals surface area (Å²) in [4.78, 5) is 11.9. The highest BCUT2D eigenvalue weighted by molar-refractivity contribution is 7.89. The second kappa shape index (κ2) is 9.10. The largest absolute Gasteiger partial charge is 0.379 e. The van der Waals surface area contributed by atoms with Gasteiger partial charge in [0.05, 0.1) is 23.0 Å². The van der Waals surface area contributed by atoms with Gasteiger partial charge in [-0.2, -0.15) is 8.61 Å². The van der Waals surface area contributed by atoms with Crippen molar-refractivity contribution in [3.63, 3.8) is 0 Å². The highest BCUT2D eigenvalue weighted by Crippen LogP contribution is 2.42. The van der Waals surface area contributed by atoms with Gasteiger partial charge in [-0.25, -0.2) is 16.8 Å². The topological polar surface area (TPSA) is 113 Å². The van der Waals surface area contributed by atoms with E-state index in [2.05, 4.69) is 11.9 Å². The molecule has 0 aliphatic carbocycles. The molecule has 9 nitrogen and oxygen atoms in total. The molecule has 0 saturated carbocycles. The van der Waals surface area contributed by atoms with Gasteiger partial charge in [0, 0.05) is 30.2 Å². The number of amides is 1. The zero-order valence-electron chi connectivity index (χ0n) is 19.6. The molecule has 11 heteroatoms. The first-order valence-electron chi connectivity index (χ1n) is 10.9. The van der Waals surface area contributed by atoms with E-state index < -0.39 is 31.1 Å². The molecule has 2 heterocycles. The van der Waals surface area contributed by atoms with Gasteiger partial charge < -0.3 is 10.1 Å². The van der Waals surface area contributed by atoms with Crippen molar-refractivity contribution in [2.24, 2.45) is 0 Å². The lowest BCUT2D eigenvalue weighted by molar-refractivity contribution is -0.118. The Kier molecular flexibility index (Phi) is 7.12. The van der Waals surface area contributed by atoms with Crippen molar-refractivity contribution < 1.29 is 26.4 Å². The van der Waals surface area contributed by atoms with Crippen LogP contribution in [0.5, 0.6) is 0 Å². The maximum atomic E-state index is 13.7. The summed E-state index contributed by atoms with van der Waals surface area (Å²) >= 11 is 0. The Bertz CT molecular complexity index is 1090. The number of morpholine rings is 1. The molecule has 2 fully saturated rings. The van der Waals surface area contributed by atoms with Gasteiger partial charge in [0.1, 0.15) is 0 Å². The Labute approximate surface area is 196 Å². The number of carbonyl (C=O) groups excluding carboxylic acids is 1. The molecule has 0 spiro atoms. The van der Waals surface area contributed by atoms with Crippen LogP contribution in [0, 0.1) is 0 Å². The molecule has 2 aliphatic heterocycles. The number of piperidine rings is 1. The summed E-state index contributed by atoms with van der Waals surface area (Å²) in [6.07, 6.45) is 2.06. The van der Waals surface area contributed by atoms with E-state index in [1.807, 2.05) is 27.7 Å². The third kappa shape index (κ3) is 5.17. The smallest absolute Gasteiger partial charge is 0.244 e. The molecule has 2 aliphatic rings. The van der Waals surface area contributed by atoms with Gasteiger partial charge in [-0.05, 0) is 70.9 Å². The summed E-state index contributed by atoms with van der Waals surface area (Å²) in [7, 11) is -7.67. The molecule has 1 amide bonds. The molecule has 1 N–H and O–H groups in total. The Morgan fingerprint density at radius 1 is 0.970 bits per heavy atom. The molecular weight excluding hydrogens is 466 g/mol. The standard InChI is InChI=1S/C22H33N3O6S2/c1-6-20(26)23-17-15-21(2,3)25(22(4,5)16-17)33(29,30)19-9-7-18(8-10-19)32(27,28)24-11-13-31-14-12-24/h6-10,17H,1,11-16H2,2-5H3,(H,23,26). The van der Waals surface area contributed by atoms with Gasteiger partial charge in [-0.1, -0.05) is 6.58 Å². The second-order valence-corrected chi connectivity index (χ2v) is 13.4. The van der Waals surface area contributed by atoms with Crippen LogP contribution < -0.4 is 5.32 Å². The minimum Gasteiger partial charge on any atom is -0.379 e. The number of hydrogen-bond donors (Lipinski definition) is 1. The average Bonchev–Trinajstić information content (AvgIpc) is 2.72. The molecule has 0 unspecified atom stereocenters. The highest BCUT2D eigenvalue weighted by atomic mass is 32.2. The SMILES string of the molecule is C=CC(=O)NC1CC(C)(C)N(S(=O)(=O)c2ccc(S(=O)(=O)N3CCOCC3)cc2)C(C)(C)C1. The number of rotatable bonds is 6. The van der Waals surface area contributed by atoms with E-state index in [4.69, 9.17) is 4.74 Å². The van der Waals surface area contributed by atoms with E-state index in [1.165, 1.54) is 39.0 Å². The molecule has 1 aromatic carbocycles. The molecule has 1 aromatic rings. The minimum atomic E-state index is -3.95. The fourth-order valence-electron chi connectivity index (χ4n) is 5.10. The molecule has 33 heavy (non-hydrogen) atoms. The molecule has 3 rings (SSSR count). The first-order valence-corrected chi connectivity index (χ1v) is 13.8. The monoisotopic (exact) mass is 499 g/mol. The van der Waals surface area contributed by atoms with E-state index >= 15 is 0 Å². The number of ether oxygens (including phenoxy) is 1. The Hall–Kier alpha value is -1.79. The normalized spacial score (nSPS) is 22.5. The van der Waals surface area contributed by atoms with Gasteiger partial charge in [0.15, 0.2) is 0 Å². The summed E-state index contributed by atoms with van der Waals surface area (Å²) in [5, 5.41) is 2.89. The molecule has 184 valence electrons. The predicted molar refractivity (Wildman–Crippen MR) is 125 cm³/mol. The summed E-state index contributed by atoms with van der Waals surface area (Å²) in [5.41, 5.74) is -1.59. The van der Waals surface area contributed by atoms with Crippen LogP contribution in [0.2, 0.25) is 0 Å². The van der Waals surface area contributed by atoms with E-state index in [1.54, 1.807) is 0 Å². The number of sulfonamides is 2. The van der Waals surface area contributed by atoms with Crippen LogP contribution in [0.15, 0.2) is 46.7 Å². The molecule has 0 atom stereocenters. The van der Waals surface area contributed by atoms with Crippen LogP contribution in [0.3, 0.4) is 0 Å². The van der Waals surface area contributed by atoms with Crippen molar-refractivity contribution in [3.05, 3.63) is 36.9 Å². The predicted octanol–water partition coefficient (Wildman–Crippen LogP) is 1.72. The third-order valence-electron chi connectivity index (χ3n) is 6.09. The Morgan fingerprint density at radius 2 is 1.42 bits per heavy atom. The van der Waals surface area contributed by atoms with Crippen LogP contribution >= 0.6 is 0 Å². The van der Waals surface area contributed by atoms with Crippen molar-refractivity contribution in [2.45, 2.75) is 67.4 Å². The lowest BCUT2D eigenvalue weighted by Crippen LogP contribution is -2.65. The van der Waals surface area contributed by atoms with E-state index in [0.717, 1.165) is 0 Å². The number of hydrogen-bond acceptors (Lipinski definition) is 6. The van der Waals surface area contributed by atoms with Crippen LogP contribution in [-0.4, -0.2) is 74.8 Å². The molecule has 0 aromatic heterocycles. The fraction of sp³-hybridized carbons (Fsp3) is 0.591. The lowest BCUT2D eigenvalue weighted by Gasteiger charge is -2.53. The summed E-state index contributed by atoms with van der Waals surface area (Å²) < 4.78 is 61.2. The average molecular weight is 500 g/mol. The quantitative estimate of drug-likeness (QED) is 0.597. The Balaban J connectivity index is 1.90. The van der Waals surface area contributed by atoms with Gasteiger partial charge >= 0.3 is 0 Å². The van der Waals surface area contributed by atoms with Crippen LogP contribution in [0.1, 0.15) is 40.5 Å². The van der Waals surface area contributed by atoms with Crippen molar-refractivity contribution >= 4 is 26.0 Å². The number of nitrogens with zero attached hydrogens (tertiary/aromatic N) is 2. The first kappa shape index (κ1) is 25.8. The zero-order chi connectivity index (χ0) is 24.7. The minimum absolute atomic E-state index is 0.0261. The lowest BCUT2D eigenvalue weighted by atomic mass is 9.79. The zero-order valence-corrected chi connectivity index (χ0v) is 21.2. The molecule has 2 saturated heterocycles. The van der Waals surface area contributed by atoms with Gasteiger partial charge in [-0.3, -0.25) is 4.79 Å². The van der Waals surface area contributed by atoms with Crippen molar-refractivity contribution in [3.8, 4) is 0 Å². The van der Waals surface area contributed by atoms with Crippen LogP contribution in [0.4, 0.5) is 0 Å². The van der Waals surface area contributed by atoms with E-state index in [9.17, 15) is 21.6 Å². The number of benzene rings is 1. The van der Waals surface area contributed by atoms with Crippen LogP contribution in [0.25, 0.3) is 0 Å². The maximum absolute atomic E-state index is 13.7. The van der Waals surface area contributed by atoms with Gasteiger partial charge in [0.2, 0.25) is 26.0 Å². The summed E-state index contributed by atoms with van der Waals surface area (Å²) in [5.74, 6) is -0.292. The van der Waals surface area contributed by atoms with Crippen molar-refractivity contribution in [1.82, 2.24) is 13.9 Å². The maximum Gasteiger partial charge on any atom is 0.244 e. The second-order valence-electron chi connectivity index (χ2n) is 9.70. The molecular formula is C22H33N3O6S2. The van der Waals surface area contributed by atoms with E-state index in [-0.39, 0.29) is 34.8 Å². The number of carbonyl (C=O) groups is 1. The summed E-state index contributed by atoms with van der Waals surface area (Å²) in [6.45, 7) is 12.0. The first-order chi connectivity index (χ1) is 15.2. The van der Waals surface area contributed by atoms with Crippen molar-refractivity contribution in [1.29, 1.82) is 0 Å². The van der Waals surface area contributed by atoms with Gasteiger partial charge in [0.25, 0.3) is 0 Å². The highest BCUT2D eigenvalue weighted by Gasteiger charge is 2.51. The van der Waals surface area contributed by atoms with Crippen LogP contribution in [-0.2, 0) is 29.6 Å². The Morgan fingerprint density at radius 3 is 1.88 bits per heavy atom. The summed E-state index contributed by atoms with van der Waals surface area (Å²) in [6, 6.07) is 5.18. The van der Waals surface area contributed by atoms with E-state index in [0.29, 0.717) is 26.1 Å². The molecule has 0 bridgehead atoms.